The molecule has 5 nitrogen and oxygen atoms in total. The summed E-state index contributed by atoms with van der Waals surface area (Å²) in [5, 5.41) is 2.75. The number of benzene rings is 3. The van der Waals surface area contributed by atoms with E-state index in [2.05, 4.69) is 21.2 Å². The van der Waals surface area contributed by atoms with Crippen LogP contribution < -0.4 is 5.32 Å². The van der Waals surface area contributed by atoms with E-state index in [0.29, 0.717) is 5.69 Å². The molecule has 7 heteroatoms. The van der Waals surface area contributed by atoms with Gasteiger partial charge in [-0.2, -0.15) is 4.31 Å². The molecule has 0 radical (unpaired) electrons. The van der Waals surface area contributed by atoms with Crippen LogP contribution in [-0.4, -0.2) is 25.2 Å². The molecule has 144 valence electrons. The predicted molar refractivity (Wildman–Crippen MR) is 113 cm³/mol. The first-order chi connectivity index (χ1) is 13.4. The third kappa shape index (κ3) is 5.28. The van der Waals surface area contributed by atoms with Gasteiger partial charge in [-0.25, -0.2) is 8.42 Å². The Bertz CT molecular complexity index is 1040. The van der Waals surface area contributed by atoms with Gasteiger partial charge in [0.15, 0.2) is 0 Å². The van der Waals surface area contributed by atoms with Gasteiger partial charge in [0.2, 0.25) is 15.9 Å². The predicted octanol–water partition coefficient (Wildman–Crippen LogP) is 4.28. The molecule has 0 aromatic heterocycles. The number of nitrogens with zero attached hydrogens (tertiary/aromatic N) is 1. The number of amides is 1. The van der Waals surface area contributed by atoms with Crippen LogP contribution in [0.3, 0.4) is 0 Å². The maximum atomic E-state index is 13.1. The van der Waals surface area contributed by atoms with Crippen LogP contribution in [0.15, 0.2) is 94.3 Å². The first-order valence-electron chi connectivity index (χ1n) is 8.60. The van der Waals surface area contributed by atoms with Gasteiger partial charge in [0.25, 0.3) is 0 Å². The van der Waals surface area contributed by atoms with Crippen molar-refractivity contribution in [2.24, 2.45) is 0 Å². The minimum atomic E-state index is -3.83. The molecule has 3 rings (SSSR count). The van der Waals surface area contributed by atoms with Gasteiger partial charge >= 0.3 is 0 Å². The molecule has 0 aliphatic heterocycles. The average Bonchev–Trinajstić information content (AvgIpc) is 2.69. The maximum Gasteiger partial charge on any atom is 0.243 e. The van der Waals surface area contributed by atoms with Crippen LogP contribution in [0.5, 0.6) is 0 Å². The third-order valence-corrected chi connectivity index (χ3v) is 6.31. The molecule has 3 aromatic carbocycles. The molecule has 1 N–H and O–H groups in total. The van der Waals surface area contributed by atoms with Gasteiger partial charge in [-0.1, -0.05) is 70.5 Å². The Kier molecular flexibility index (Phi) is 6.61. The fourth-order valence-corrected chi connectivity index (χ4v) is 4.49. The summed E-state index contributed by atoms with van der Waals surface area (Å²) in [6.45, 7) is -0.192. The molecule has 28 heavy (non-hydrogen) atoms. The third-order valence-electron chi connectivity index (χ3n) is 4.01. The molecule has 0 saturated carbocycles. The van der Waals surface area contributed by atoms with Crippen LogP contribution in [0.2, 0.25) is 0 Å². The largest absolute Gasteiger partial charge is 0.325 e. The summed E-state index contributed by atoms with van der Waals surface area (Å²) < 4.78 is 28.2. The van der Waals surface area contributed by atoms with E-state index in [0.717, 1.165) is 10.0 Å². The van der Waals surface area contributed by atoms with Crippen molar-refractivity contribution in [1.29, 1.82) is 0 Å². The van der Waals surface area contributed by atoms with E-state index >= 15 is 0 Å². The SMILES string of the molecule is O=C(CN(Cc1ccccc1)S(=O)(=O)c1ccccc1)Nc1cccc(Br)c1. The summed E-state index contributed by atoms with van der Waals surface area (Å²) >= 11 is 3.35. The van der Waals surface area contributed by atoms with Crippen molar-refractivity contribution in [3.8, 4) is 0 Å². The highest BCUT2D eigenvalue weighted by Crippen LogP contribution is 2.19. The van der Waals surface area contributed by atoms with Crippen molar-refractivity contribution < 1.29 is 13.2 Å². The lowest BCUT2D eigenvalue weighted by molar-refractivity contribution is -0.116. The van der Waals surface area contributed by atoms with Gasteiger partial charge in [-0.3, -0.25) is 4.79 Å². The quantitative estimate of drug-likeness (QED) is 0.574. The van der Waals surface area contributed by atoms with Crippen molar-refractivity contribution in [1.82, 2.24) is 4.31 Å². The molecule has 1 amide bonds. The summed E-state index contributed by atoms with van der Waals surface area (Å²) in [5.74, 6) is -0.409. The van der Waals surface area contributed by atoms with E-state index in [1.165, 1.54) is 16.4 Å². The highest BCUT2D eigenvalue weighted by Gasteiger charge is 2.26. The van der Waals surface area contributed by atoms with Gasteiger partial charge < -0.3 is 5.32 Å². The van der Waals surface area contributed by atoms with Gasteiger partial charge in [-0.15, -0.1) is 0 Å². The van der Waals surface area contributed by atoms with Gasteiger partial charge in [0.1, 0.15) is 0 Å². The van der Waals surface area contributed by atoms with E-state index in [1.807, 2.05) is 36.4 Å². The van der Waals surface area contributed by atoms with E-state index in [4.69, 9.17) is 0 Å². The molecule has 0 saturated heterocycles. The Morgan fingerprint density at radius 3 is 2.18 bits per heavy atom. The number of hydrogen-bond donors (Lipinski definition) is 1. The van der Waals surface area contributed by atoms with Crippen molar-refractivity contribution in [2.45, 2.75) is 11.4 Å². The molecule has 0 spiro atoms. The van der Waals surface area contributed by atoms with Crippen molar-refractivity contribution in [3.05, 3.63) is 95.0 Å². The van der Waals surface area contributed by atoms with Gasteiger partial charge in [0, 0.05) is 16.7 Å². The number of nitrogens with one attached hydrogen (secondary N) is 1. The first-order valence-corrected chi connectivity index (χ1v) is 10.8. The zero-order valence-electron chi connectivity index (χ0n) is 15.0. The number of hydrogen-bond acceptors (Lipinski definition) is 3. The molecule has 0 fully saturated rings. The number of carbonyl (C=O) groups is 1. The van der Waals surface area contributed by atoms with Crippen molar-refractivity contribution in [2.75, 3.05) is 11.9 Å². The molecule has 0 atom stereocenters. The van der Waals surface area contributed by atoms with E-state index in [-0.39, 0.29) is 18.0 Å². The molecule has 0 aliphatic carbocycles. The Hall–Kier alpha value is -2.48. The molecular weight excluding hydrogens is 440 g/mol. The van der Waals surface area contributed by atoms with Crippen LogP contribution >= 0.6 is 15.9 Å². The van der Waals surface area contributed by atoms with E-state index in [1.54, 1.807) is 36.4 Å². The van der Waals surface area contributed by atoms with Gasteiger partial charge in [0.05, 0.1) is 11.4 Å². The molecule has 0 bridgehead atoms. The number of carbonyl (C=O) groups excluding carboxylic acids is 1. The Morgan fingerprint density at radius 2 is 1.54 bits per heavy atom. The highest BCUT2D eigenvalue weighted by molar-refractivity contribution is 9.10. The second-order valence-corrected chi connectivity index (χ2v) is 8.98. The summed E-state index contributed by atoms with van der Waals surface area (Å²) in [4.78, 5) is 12.7. The maximum absolute atomic E-state index is 13.1. The van der Waals surface area contributed by atoms with Crippen LogP contribution in [0, 0.1) is 0 Å². The summed E-state index contributed by atoms with van der Waals surface area (Å²) in [6, 6.07) is 24.5. The van der Waals surface area contributed by atoms with Crippen LogP contribution in [0.4, 0.5) is 5.69 Å². The number of rotatable bonds is 7. The zero-order chi connectivity index (χ0) is 20.0. The Labute approximate surface area is 173 Å². The van der Waals surface area contributed by atoms with Crippen LogP contribution in [0.1, 0.15) is 5.56 Å². The molecule has 0 aliphatic rings. The van der Waals surface area contributed by atoms with Crippen LogP contribution in [0.25, 0.3) is 0 Å². The van der Waals surface area contributed by atoms with Crippen molar-refractivity contribution in [3.63, 3.8) is 0 Å². The lowest BCUT2D eigenvalue weighted by Gasteiger charge is -2.22. The van der Waals surface area contributed by atoms with E-state index < -0.39 is 15.9 Å². The summed E-state index contributed by atoms with van der Waals surface area (Å²) in [7, 11) is -3.83. The van der Waals surface area contributed by atoms with Gasteiger partial charge in [-0.05, 0) is 35.9 Å². The fourth-order valence-electron chi connectivity index (χ4n) is 2.68. The fraction of sp³-hybridized carbons (Fsp3) is 0.0952. The zero-order valence-corrected chi connectivity index (χ0v) is 17.4. The topological polar surface area (TPSA) is 66.5 Å². The number of sulfonamides is 1. The van der Waals surface area contributed by atoms with E-state index in [9.17, 15) is 13.2 Å². The lowest BCUT2D eigenvalue weighted by atomic mass is 10.2. The standard InChI is InChI=1S/C21H19BrN2O3S/c22-18-10-7-11-19(14-18)23-21(25)16-24(15-17-8-3-1-4-9-17)28(26,27)20-12-5-2-6-13-20/h1-14H,15-16H2,(H,23,25). The number of anilines is 1. The minimum absolute atomic E-state index is 0.101. The minimum Gasteiger partial charge on any atom is -0.325 e. The molecular formula is C21H19BrN2O3S. The molecule has 3 aromatic rings. The normalized spacial score (nSPS) is 11.4. The molecule has 0 unspecified atom stereocenters. The Balaban J connectivity index is 1.84. The first kappa shape index (κ1) is 20.3. The second kappa shape index (κ2) is 9.14. The smallest absolute Gasteiger partial charge is 0.243 e. The Morgan fingerprint density at radius 1 is 0.893 bits per heavy atom. The second-order valence-electron chi connectivity index (χ2n) is 6.13. The summed E-state index contributed by atoms with van der Waals surface area (Å²) in [6.07, 6.45) is 0. The number of halogens is 1. The van der Waals surface area contributed by atoms with Crippen LogP contribution in [-0.2, 0) is 21.4 Å². The van der Waals surface area contributed by atoms with Crippen molar-refractivity contribution >= 4 is 37.5 Å². The average molecular weight is 459 g/mol. The highest BCUT2D eigenvalue weighted by atomic mass is 79.9. The lowest BCUT2D eigenvalue weighted by Crippen LogP contribution is -2.37. The summed E-state index contributed by atoms with van der Waals surface area (Å²) in [5.41, 5.74) is 1.40. The molecule has 0 heterocycles. The monoisotopic (exact) mass is 458 g/mol.